The first-order valence-electron chi connectivity index (χ1n) is 9.32. The van der Waals surface area contributed by atoms with Crippen LogP contribution in [0.15, 0.2) is 24.3 Å². The van der Waals surface area contributed by atoms with E-state index in [4.69, 9.17) is 4.74 Å². The highest BCUT2D eigenvalue weighted by molar-refractivity contribution is 5.94. The van der Waals surface area contributed by atoms with Gasteiger partial charge in [-0.05, 0) is 57.4 Å². The molecule has 6 nitrogen and oxygen atoms in total. The minimum atomic E-state index is -0.119. The third-order valence-electron chi connectivity index (χ3n) is 4.79. The summed E-state index contributed by atoms with van der Waals surface area (Å²) in [6, 6.07) is 7.51. The number of carbonyl (C=O) groups excluding carboxylic acids is 2. The Morgan fingerprint density at radius 2 is 2.12 bits per heavy atom. The molecule has 2 rings (SSSR count). The lowest BCUT2D eigenvalue weighted by molar-refractivity contribution is -0.130. The fourth-order valence-electron chi connectivity index (χ4n) is 3.07. The minimum absolute atomic E-state index is 0.0365. The molecular formula is C20H31N3O3. The van der Waals surface area contributed by atoms with Gasteiger partial charge in [0.05, 0.1) is 0 Å². The summed E-state index contributed by atoms with van der Waals surface area (Å²) in [6.45, 7) is 7.26. The summed E-state index contributed by atoms with van der Waals surface area (Å²) in [5.41, 5.74) is 0.552. The molecule has 0 spiro atoms. The van der Waals surface area contributed by atoms with Gasteiger partial charge in [-0.15, -0.1) is 0 Å². The maximum atomic E-state index is 12.4. The molecule has 1 atom stereocenters. The van der Waals surface area contributed by atoms with Crippen LogP contribution in [0.4, 0.5) is 0 Å². The molecule has 26 heavy (non-hydrogen) atoms. The van der Waals surface area contributed by atoms with Crippen LogP contribution in [0.5, 0.6) is 5.75 Å². The van der Waals surface area contributed by atoms with E-state index in [1.807, 2.05) is 0 Å². The van der Waals surface area contributed by atoms with Crippen LogP contribution >= 0.6 is 0 Å². The van der Waals surface area contributed by atoms with Crippen molar-refractivity contribution in [2.75, 3.05) is 40.3 Å². The topological polar surface area (TPSA) is 61.9 Å². The van der Waals surface area contributed by atoms with E-state index in [1.54, 1.807) is 38.4 Å². The van der Waals surface area contributed by atoms with Crippen molar-refractivity contribution in [3.8, 4) is 5.75 Å². The molecule has 144 valence electrons. The molecule has 1 aromatic rings. The molecule has 1 saturated heterocycles. The maximum Gasteiger partial charge on any atom is 0.259 e. The number of hydrogen-bond acceptors (Lipinski definition) is 4. The maximum absolute atomic E-state index is 12.4. The predicted octanol–water partition coefficient (Wildman–Crippen LogP) is 2.00. The molecule has 1 unspecified atom stereocenters. The van der Waals surface area contributed by atoms with Crippen LogP contribution in [0.25, 0.3) is 0 Å². The molecule has 1 fully saturated rings. The number of carbonyl (C=O) groups is 2. The van der Waals surface area contributed by atoms with E-state index in [0.717, 1.165) is 19.5 Å². The Morgan fingerprint density at radius 3 is 2.81 bits per heavy atom. The van der Waals surface area contributed by atoms with Gasteiger partial charge < -0.3 is 19.9 Å². The van der Waals surface area contributed by atoms with E-state index in [-0.39, 0.29) is 18.4 Å². The normalized spacial score (nSPS) is 17.8. The van der Waals surface area contributed by atoms with Crippen LogP contribution in [0.2, 0.25) is 0 Å². The fraction of sp³-hybridized carbons (Fsp3) is 0.600. The Bertz CT molecular complexity index is 616. The lowest BCUT2D eigenvalue weighted by Crippen LogP contribution is -2.43. The number of hydrogen-bond donors (Lipinski definition) is 1. The van der Waals surface area contributed by atoms with Crippen molar-refractivity contribution >= 4 is 11.8 Å². The molecule has 1 aliphatic rings. The highest BCUT2D eigenvalue weighted by Gasteiger charge is 2.22. The number of nitrogens with one attached hydrogen (secondary N) is 1. The molecule has 1 heterocycles. The quantitative estimate of drug-likeness (QED) is 0.807. The first kappa shape index (κ1) is 20.2. The van der Waals surface area contributed by atoms with Crippen molar-refractivity contribution in [1.29, 1.82) is 0 Å². The molecule has 6 heteroatoms. The average Bonchev–Trinajstić information content (AvgIpc) is 2.64. The van der Waals surface area contributed by atoms with Crippen molar-refractivity contribution in [2.45, 2.75) is 32.7 Å². The molecule has 0 radical (unpaired) electrons. The predicted molar refractivity (Wildman–Crippen MR) is 102 cm³/mol. The van der Waals surface area contributed by atoms with E-state index >= 15 is 0 Å². The first-order valence-corrected chi connectivity index (χ1v) is 9.32. The van der Waals surface area contributed by atoms with E-state index in [2.05, 4.69) is 24.1 Å². The number of ether oxygens (including phenoxy) is 1. The monoisotopic (exact) mass is 361 g/mol. The zero-order valence-corrected chi connectivity index (χ0v) is 16.3. The van der Waals surface area contributed by atoms with Crippen molar-refractivity contribution in [1.82, 2.24) is 15.1 Å². The Kier molecular flexibility index (Phi) is 7.45. The van der Waals surface area contributed by atoms with Gasteiger partial charge in [0.25, 0.3) is 11.8 Å². The Hall–Kier alpha value is -2.08. The van der Waals surface area contributed by atoms with E-state index in [1.165, 1.54) is 11.3 Å². The molecule has 2 amide bonds. The highest BCUT2D eigenvalue weighted by Crippen LogP contribution is 2.18. The third-order valence-corrected chi connectivity index (χ3v) is 4.79. The fourth-order valence-corrected chi connectivity index (χ4v) is 3.07. The van der Waals surface area contributed by atoms with Crippen LogP contribution in [-0.2, 0) is 4.79 Å². The Balaban J connectivity index is 1.85. The summed E-state index contributed by atoms with van der Waals surface area (Å²) in [5, 5.41) is 3.04. The summed E-state index contributed by atoms with van der Waals surface area (Å²) >= 11 is 0. The lowest BCUT2D eigenvalue weighted by Gasteiger charge is -2.35. The SMILES string of the molecule is CC(C)N1CCCC(CNC(=O)c2cccc(OCC(=O)N(C)C)c2)C1. The van der Waals surface area contributed by atoms with Crippen LogP contribution in [0, 0.1) is 5.92 Å². The standard InChI is InChI=1S/C20H31N3O3/c1-15(2)23-10-6-7-16(13-23)12-21-20(25)17-8-5-9-18(11-17)26-14-19(24)22(3)4/h5,8-9,11,15-16H,6-7,10,12-14H2,1-4H3,(H,21,25). The summed E-state index contributed by atoms with van der Waals surface area (Å²) in [7, 11) is 3.36. The third kappa shape index (κ3) is 6.02. The van der Waals surface area contributed by atoms with Gasteiger partial charge in [-0.3, -0.25) is 9.59 Å². The first-order chi connectivity index (χ1) is 12.4. The van der Waals surface area contributed by atoms with Gasteiger partial charge >= 0.3 is 0 Å². The Labute approximate surface area is 156 Å². The minimum Gasteiger partial charge on any atom is -0.484 e. The lowest BCUT2D eigenvalue weighted by atomic mass is 9.97. The zero-order chi connectivity index (χ0) is 19.1. The van der Waals surface area contributed by atoms with Crippen LogP contribution in [0.3, 0.4) is 0 Å². The van der Waals surface area contributed by atoms with Gasteiger partial charge in [0.1, 0.15) is 5.75 Å². The molecule has 1 N–H and O–H groups in total. The van der Waals surface area contributed by atoms with Gasteiger partial charge in [-0.2, -0.15) is 0 Å². The van der Waals surface area contributed by atoms with Crippen LogP contribution < -0.4 is 10.1 Å². The van der Waals surface area contributed by atoms with Crippen molar-refractivity contribution < 1.29 is 14.3 Å². The molecule has 1 aromatic carbocycles. The number of piperidine rings is 1. The van der Waals surface area contributed by atoms with E-state index in [9.17, 15) is 9.59 Å². The molecule has 0 aromatic heterocycles. The largest absolute Gasteiger partial charge is 0.484 e. The summed E-state index contributed by atoms with van der Waals surface area (Å²) in [4.78, 5) is 28.0. The number of benzene rings is 1. The Morgan fingerprint density at radius 1 is 1.35 bits per heavy atom. The van der Waals surface area contributed by atoms with Crippen molar-refractivity contribution in [3.05, 3.63) is 29.8 Å². The van der Waals surface area contributed by atoms with Crippen LogP contribution in [0.1, 0.15) is 37.0 Å². The van der Waals surface area contributed by atoms with Gasteiger partial charge in [0.15, 0.2) is 6.61 Å². The van der Waals surface area contributed by atoms with E-state index < -0.39 is 0 Å². The molecular weight excluding hydrogens is 330 g/mol. The van der Waals surface area contributed by atoms with Gasteiger partial charge in [0, 0.05) is 38.8 Å². The highest BCUT2D eigenvalue weighted by atomic mass is 16.5. The van der Waals surface area contributed by atoms with Gasteiger partial charge in [-0.1, -0.05) is 6.07 Å². The van der Waals surface area contributed by atoms with E-state index in [0.29, 0.717) is 29.8 Å². The van der Waals surface area contributed by atoms with Gasteiger partial charge in [-0.25, -0.2) is 0 Å². The average molecular weight is 361 g/mol. The van der Waals surface area contributed by atoms with Crippen molar-refractivity contribution in [2.24, 2.45) is 5.92 Å². The summed E-state index contributed by atoms with van der Waals surface area (Å²) < 4.78 is 5.48. The van der Waals surface area contributed by atoms with Crippen molar-refractivity contribution in [3.63, 3.8) is 0 Å². The second kappa shape index (κ2) is 9.57. The second-order valence-corrected chi connectivity index (χ2v) is 7.41. The second-order valence-electron chi connectivity index (χ2n) is 7.41. The van der Waals surface area contributed by atoms with Gasteiger partial charge in [0.2, 0.25) is 0 Å². The smallest absolute Gasteiger partial charge is 0.259 e. The molecule has 0 bridgehead atoms. The summed E-state index contributed by atoms with van der Waals surface area (Å²) in [6.07, 6.45) is 2.33. The summed E-state index contributed by atoms with van der Waals surface area (Å²) in [5.74, 6) is 0.798. The number of nitrogens with zero attached hydrogens (tertiary/aromatic N) is 2. The number of likely N-dealkylation sites (N-methyl/N-ethyl adjacent to an activating group) is 1. The van der Waals surface area contributed by atoms with Crippen LogP contribution in [-0.4, -0.2) is 68.0 Å². The number of likely N-dealkylation sites (tertiary alicyclic amines) is 1. The molecule has 1 aliphatic heterocycles. The number of rotatable bonds is 7. The molecule has 0 aliphatic carbocycles. The zero-order valence-electron chi connectivity index (χ0n) is 16.3. The number of amides is 2. The molecule has 0 saturated carbocycles.